The molecule has 1 aliphatic rings. The lowest BCUT2D eigenvalue weighted by Crippen LogP contribution is -2.24. The van der Waals surface area contributed by atoms with E-state index in [4.69, 9.17) is 5.73 Å². The van der Waals surface area contributed by atoms with E-state index in [0.29, 0.717) is 17.8 Å². The third-order valence-corrected chi connectivity index (χ3v) is 6.11. The van der Waals surface area contributed by atoms with Crippen molar-refractivity contribution in [3.05, 3.63) is 51.2 Å². The topological polar surface area (TPSA) is 72.2 Å². The van der Waals surface area contributed by atoms with Crippen molar-refractivity contribution >= 4 is 27.0 Å². The second kappa shape index (κ2) is 5.79. The van der Waals surface area contributed by atoms with Crippen LogP contribution in [0.1, 0.15) is 27.3 Å². The Morgan fingerprint density at radius 1 is 1.24 bits per heavy atom. The van der Waals surface area contributed by atoms with Crippen LogP contribution in [0.5, 0.6) is 0 Å². The van der Waals surface area contributed by atoms with Crippen molar-refractivity contribution < 1.29 is 8.42 Å². The number of nitrogens with one attached hydrogen (secondary N) is 1. The van der Waals surface area contributed by atoms with Crippen molar-refractivity contribution in [2.75, 3.05) is 5.73 Å². The summed E-state index contributed by atoms with van der Waals surface area (Å²) in [6.45, 7) is 0.377. The number of nitrogen functional groups attached to an aromatic ring is 1. The zero-order valence-corrected chi connectivity index (χ0v) is 13.3. The Balaban J connectivity index is 1.63. The Morgan fingerprint density at radius 2 is 2.10 bits per heavy atom. The normalized spacial score (nSPS) is 14.3. The summed E-state index contributed by atoms with van der Waals surface area (Å²) in [6, 6.07) is 9.12. The first kappa shape index (κ1) is 14.6. The first-order valence-corrected chi connectivity index (χ1v) is 9.41. The zero-order chi connectivity index (χ0) is 14.9. The van der Waals surface area contributed by atoms with Crippen LogP contribution in [0.2, 0.25) is 0 Å². The van der Waals surface area contributed by atoms with Crippen molar-refractivity contribution in [3.63, 3.8) is 0 Å². The molecule has 0 unspecified atom stereocenters. The highest BCUT2D eigenvalue weighted by molar-refractivity contribution is 7.88. The molecule has 1 aromatic heterocycles. The van der Waals surface area contributed by atoms with Crippen LogP contribution in [-0.2, 0) is 35.2 Å². The van der Waals surface area contributed by atoms with E-state index in [1.54, 1.807) is 35.6 Å². The van der Waals surface area contributed by atoms with Gasteiger partial charge < -0.3 is 5.73 Å². The van der Waals surface area contributed by atoms with Crippen LogP contribution in [0.3, 0.4) is 0 Å². The van der Waals surface area contributed by atoms with E-state index in [1.807, 2.05) is 0 Å². The monoisotopic (exact) mass is 322 g/mol. The molecule has 0 fully saturated rings. The van der Waals surface area contributed by atoms with Gasteiger partial charge in [0.1, 0.15) is 0 Å². The number of hydrogen-bond acceptors (Lipinski definition) is 4. The van der Waals surface area contributed by atoms with Gasteiger partial charge in [0, 0.05) is 22.0 Å². The maximum Gasteiger partial charge on any atom is 0.216 e. The van der Waals surface area contributed by atoms with Gasteiger partial charge in [0.25, 0.3) is 0 Å². The van der Waals surface area contributed by atoms with Crippen molar-refractivity contribution in [2.45, 2.75) is 31.6 Å². The first-order valence-electron chi connectivity index (χ1n) is 6.94. The van der Waals surface area contributed by atoms with Crippen molar-refractivity contribution in [3.8, 4) is 0 Å². The molecule has 6 heteroatoms. The van der Waals surface area contributed by atoms with Crippen LogP contribution < -0.4 is 10.5 Å². The van der Waals surface area contributed by atoms with E-state index in [2.05, 4.69) is 10.8 Å². The molecule has 1 aromatic carbocycles. The van der Waals surface area contributed by atoms with Gasteiger partial charge >= 0.3 is 0 Å². The van der Waals surface area contributed by atoms with Gasteiger partial charge in [0.2, 0.25) is 10.0 Å². The van der Waals surface area contributed by atoms with Crippen LogP contribution in [0.25, 0.3) is 0 Å². The Hall–Kier alpha value is -1.37. The van der Waals surface area contributed by atoms with E-state index < -0.39 is 10.0 Å². The Bertz CT molecular complexity index is 729. The number of anilines is 1. The van der Waals surface area contributed by atoms with Gasteiger partial charge in [-0.2, -0.15) is 0 Å². The molecule has 0 aliphatic heterocycles. The van der Waals surface area contributed by atoms with Crippen molar-refractivity contribution in [2.24, 2.45) is 0 Å². The molecule has 1 aliphatic carbocycles. The van der Waals surface area contributed by atoms with Crippen LogP contribution >= 0.6 is 11.3 Å². The molecule has 2 aromatic rings. The molecular weight excluding hydrogens is 304 g/mol. The summed E-state index contributed by atoms with van der Waals surface area (Å²) < 4.78 is 26.9. The van der Waals surface area contributed by atoms with Crippen LogP contribution in [-0.4, -0.2) is 8.42 Å². The minimum atomic E-state index is -3.34. The minimum Gasteiger partial charge on any atom is -0.399 e. The molecule has 0 bridgehead atoms. The largest absolute Gasteiger partial charge is 0.399 e. The third-order valence-electron chi connectivity index (χ3n) is 3.57. The molecule has 0 spiro atoms. The lowest BCUT2D eigenvalue weighted by Gasteiger charge is -2.06. The summed E-state index contributed by atoms with van der Waals surface area (Å²) in [6.07, 6.45) is 3.49. The fourth-order valence-electron chi connectivity index (χ4n) is 2.61. The number of nitrogens with two attached hydrogens (primary N) is 1. The van der Waals surface area contributed by atoms with Gasteiger partial charge in [-0.1, -0.05) is 12.1 Å². The van der Waals surface area contributed by atoms with E-state index in [0.717, 1.165) is 17.7 Å². The number of sulfonamides is 1. The summed E-state index contributed by atoms with van der Waals surface area (Å²) in [7, 11) is -3.34. The fraction of sp³-hybridized carbons (Fsp3) is 0.333. The highest BCUT2D eigenvalue weighted by atomic mass is 32.2. The van der Waals surface area contributed by atoms with Crippen molar-refractivity contribution in [1.29, 1.82) is 0 Å². The van der Waals surface area contributed by atoms with Gasteiger partial charge in [-0.15, -0.1) is 11.3 Å². The number of thiophene rings is 1. The third kappa shape index (κ3) is 3.64. The van der Waals surface area contributed by atoms with E-state index in [-0.39, 0.29) is 5.75 Å². The summed E-state index contributed by atoms with van der Waals surface area (Å²) in [5, 5.41) is 0. The van der Waals surface area contributed by atoms with Gasteiger partial charge in [0.15, 0.2) is 0 Å². The molecular formula is C15H18N2O2S2. The number of aryl methyl sites for hydroxylation is 2. The molecule has 112 valence electrons. The molecule has 3 N–H and O–H groups in total. The summed E-state index contributed by atoms with van der Waals surface area (Å²) >= 11 is 1.72. The highest BCUT2D eigenvalue weighted by Crippen LogP contribution is 2.30. The summed E-state index contributed by atoms with van der Waals surface area (Å²) in [5.74, 6) is -0.0386. The molecule has 0 saturated carbocycles. The quantitative estimate of drug-likeness (QED) is 0.831. The number of hydrogen-bond donors (Lipinski definition) is 2. The molecule has 21 heavy (non-hydrogen) atoms. The number of fused-ring (bicyclic) bond motifs is 1. The Kier molecular flexibility index (Phi) is 4.01. The number of benzene rings is 1. The molecule has 3 rings (SSSR count). The summed E-state index contributed by atoms with van der Waals surface area (Å²) in [5.41, 5.74) is 8.35. The predicted octanol–water partition coefficient (Wildman–Crippen LogP) is 2.44. The second-order valence-corrected chi connectivity index (χ2v) is 8.37. The Morgan fingerprint density at radius 3 is 2.86 bits per heavy atom. The lowest BCUT2D eigenvalue weighted by molar-refractivity contribution is 0.581. The lowest BCUT2D eigenvalue weighted by atomic mass is 10.2. The smallest absolute Gasteiger partial charge is 0.216 e. The Labute approximate surface area is 129 Å². The molecule has 0 saturated heterocycles. The average molecular weight is 322 g/mol. The number of rotatable bonds is 5. The SMILES string of the molecule is Nc1cccc(CS(=O)(=O)NCc2cc3c(s2)CCC3)c1. The van der Waals surface area contributed by atoms with Gasteiger partial charge in [-0.3, -0.25) is 0 Å². The van der Waals surface area contributed by atoms with E-state index >= 15 is 0 Å². The van der Waals surface area contributed by atoms with Crippen LogP contribution in [0, 0.1) is 0 Å². The van der Waals surface area contributed by atoms with Gasteiger partial charge in [-0.05, 0) is 48.6 Å². The molecule has 1 heterocycles. The predicted molar refractivity (Wildman–Crippen MR) is 86.7 cm³/mol. The van der Waals surface area contributed by atoms with E-state index in [1.165, 1.54) is 16.9 Å². The first-order chi connectivity index (χ1) is 10.0. The maximum atomic E-state index is 12.1. The van der Waals surface area contributed by atoms with E-state index in [9.17, 15) is 8.42 Å². The van der Waals surface area contributed by atoms with Crippen LogP contribution in [0.15, 0.2) is 30.3 Å². The summed E-state index contributed by atoms with van der Waals surface area (Å²) in [4.78, 5) is 2.51. The second-order valence-electron chi connectivity index (χ2n) is 5.34. The maximum absolute atomic E-state index is 12.1. The fourth-order valence-corrected chi connectivity index (χ4v) is 5.00. The highest BCUT2D eigenvalue weighted by Gasteiger charge is 2.16. The zero-order valence-electron chi connectivity index (χ0n) is 11.6. The molecule has 0 radical (unpaired) electrons. The molecule has 0 amide bonds. The average Bonchev–Trinajstić information content (AvgIpc) is 2.96. The van der Waals surface area contributed by atoms with Crippen molar-refractivity contribution in [1.82, 2.24) is 4.72 Å². The standard InChI is InChI=1S/C15H18N2O2S2/c16-13-5-1-3-11(7-13)10-21(18,19)17-9-14-8-12-4-2-6-15(12)20-14/h1,3,5,7-8,17H,2,4,6,9-10,16H2. The molecule has 4 nitrogen and oxygen atoms in total. The van der Waals surface area contributed by atoms with Gasteiger partial charge in [-0.25, -0.2) is 13.1 Å². The van der Waals surface area contributed by atoms with Crippen LogP contribution in [0.4, 0.5) is 5.69 Å². The minimum absolute atomic E-state index is 0.0386. The molecule has 0 atom stereocenters. The van der Waals surface area contributed by atoms with Gasteiger partial charge in [0.05, 0.1) is 5.75 Å².